The molecule has 0 atom stereocenters. The van der Waals surface area contributed by atoms with Gasteiger partial charge in [-0.15, -0.1) is 0 Å². The van der Waals surface area contributed by atoms with Crippen LogP contribution < -0.4 is 0 Å². The van der Waals surface area contributed by atoms with Crippen LogP contribution in [0.1, 0.15) is 0 Å². The Morgan fingerprint density at radius 3 is 2.13 bits per heavy atom. The molecule has 0 amide bonds. The zero-order chi connectivity index (χ0) is 10.8. The van der Waals surface area contributed by atoms with Crippen molar-refractivity contribution in [1.82, 2.24) is 0 Å². The first-order valence-electron chi connectivity index (χ1n) is 4.39. The molecule has 0 aromatic heterocycles. The summed E-state index contributed by atoms with van der Waals surface area (Å²) >= 11 is 5.83. The average Bonchev–Trinajstić information content (AvgIpc) is 2.20. The van der Waals surface area contributed by atoms with E-state index in [0.29, 0.717) is 0 Å². The fourth-order valence-electron chi connectivity index (χ4n) is 1.42. The van der Waals surface area contributed by atoms with E-state index in [-0.39, 0.29) is 16.1 Å². The minimum Gasteiger partial charge on any atom is -0.206 e. The van der Waals surface area contributed by atoms with Crippen molar-refractivity contribution in [3.8, 4) is 11.1 Å². The largest absolute Gasteiger partial charge is 0.206 e. The Labute approximate surface area is 91.1 Å². The zero-order valence-corrected chi connectivity index (χ0v) is 8.43. The number of halogens is 3. The third kappa shape index (κ3) is 1.85. The van der Waals surface area contributed by atoms with Gasteiger partial charge >= 0.3 is 0 Å². The van der Waals surface area contributed by atoms with Crippen molar-refractivity contribution in [2.24, 2.45) is 0 Å². The SMILES string of the molecule is Fc1ccccc1-c1c(F)cccc1Cl. The number of hydrogen-bond acceptors (Lipinski definition) is 0. The first-order valence-corrected chi connectivity index (χ1v) is 4.77. The van der Waals surface area contributed by atoms with Gasteiger partial charge in [-0.25, -0.2) is 8.78 Å². The highest BCUT2D eigenvalue weighted by Crippen LogP contribution is 2.31. The second kappa shape index (κ2) is 3.99. The van der Waals surface area contributed by atoms with Gasteiger partial charge in [-0.3, -0.25) is 0 Å². The minimum absolute atomic E-state index is 0.109. The molecule has 3 heteroatoms. The summed E-state index contributed by atoms with van der Waals surface area (Å²) in [4.78, 5) is 0. The first-order chi connectivity index (χ1) is 7.20. The molecule has 0 radical (unpaired) electrons. The molecular formula is C12H7ClF2. The summed E-state index contributed by atoms with van der Waals surface area (Å²) in [6, 6.07) is 10.2. The molecule has 2 rings (SSSR count). The topological polar surface area (TPSA) is 0 Å². The quantitative estimate of drug-likeness (QED) is 0.678. The molecule has 0 N–H and O–H groups in total. The van der Waals surface area contributed by atoms with E-state index in [9.17, 15) is 8.78 Å². The molecule has 2 aromatic carbocycles. The third-order valence-corrected chi connectivity index (χ3v) is 2.42. The summed E-state index contributed by atoms with van der Waals surface area (Å²) in [5.41, 5.74) is 0.290. The number of benzene rings is 2. The van der Waals surface area contributed by atoms with Crippen LogP contribution in [-0.2, 0) is 0 Å². The monoisotopic (exact) mass is 224 g/mol. The smallest absolute Gasteiger partial charge is 0.132 e. The Balaban J connectivity index is 2.69. The van der Waals surface area contributed by atoms with Gasteiger partial charge in [0.2, 0.25) is 0 Å². The normalized spacial score (nSPS) is 10.3. The molecule has 2 aromatic rings. The molecule has 0 fully saturated rings. The van der Waals surface area contributed by atoms with Crippen molar-refractivity contribution in [1.29, 1.82) is 0 Å². The molecular weight excluding hydrogens is 218 g/mol. The predicted octanol–water partition coefficient (Wildman–Crippen LogP) is 4.29. The van der Waals surface area contributed by atoms with Crippen molar-refractivity contribution in [3.05, 3.63) is 59.1 Å². The van der Waals surface area contributed by atoms with Crippen LogP contribution in [0.4, 0.5) is 8.78 Å². The molecule has 0 unspecified atom stereocenters. The lowest BCUT2D eigenvalue weighted by Crippen LogP contribution is -1.89. The van der Waals surface area contributed by atoms with Crippen LogP contribution in [0, 0.1) is 11.6 Å². The van der Waals surface area contributed by atoms with Crippen LogP contribution in [0.2, 0.25) is 5.02 Å². The van der Waals surface area contributed by atoms with Crippen LogP contribution in [0.15, 0.2) is 42.5 Å². The summed E-state index contributed by atoms with van der Waals surface area (Å²) < 4.78 is 26.9. The van der Waals surface area contributed by atoms with Crippen molar-refractivity contribution < 1.29 is 8.78 Å². The minimum atomic E-state index is -0.521. The van der Waals surface area contributed by atoms with Gasteiger partial charge in [0.1, 0.15) is 11.6 Å². The van der Waals surface area contributed by atoms with Gasteiger partial charge < -0.3 is 0 Å². The summed E-state index contributed by atoms with van der Waals surface area (Å²) in [5, 5.41) is 0.208. The van der Waals surface area contributed by atoms with E-state index in [1.807, 2.05) is 0 Å². The van der Waals surface area contributed by atoms with E-state index < -0.39 is 11.6 Å². The fraction of sp³-hybridized carbons (Fsp3) is 0. The molecule has 0 saturated heterocycles. The summed E-state index contributed by atoms with van der Waals surface area (Å²) in [7, 11) is 0. The molecule has 0 bridgehead atoms. The lowest BCUT2D eigenvalue weighted by atomic mass is 10.0. The van der Waals surface area contributed by atoms with Gasteiger partial charge in [0.05, 0.1) is 5.02 Å². The van der Waals surface area contributed by atoms with E-state index in [0.717, 1.165) is 0 Å². The van der Waals surface area contributed by atoms with Crippen LogP contribution >= 0.6 is 11.6 Å². The highest BCUT2D eigenvalue weighted by molar-refractivity contribution is 6.33. The molecule has 0 nitrogen and oxygen atoms in total. The summed E-state index contributed by atoms with van der Waals surface area (Å²) in [5.74, 6) is -1.00. The van der Waals surface area contributed by atoms with Crippen LogP contribution in [0.3, 0.4) is 0 Å². The summed E-state index contributed by atoms with van der Waals surface area (Å²) in [6.07, 6.45) is 0. The Bertz CT molecular complexity index is 474. The van der Waals surface area contributed by atoms with Crippen molar-refractivity contribution in [3.63, 3.8) is 0 Å². The number of rotatable bonds is 1. The number of hydrogen-bond donors (Lipinski definition) is 0. The molecule has 0 aliphatic rings. The maximum Gasteiger partial charge on any atom is 0.132 e. The molecule has 0 aliphatic heterocycles. The van der Waals surface area contributed by atoms with E-state index >= 15 is 0 Å². The average molecular weight is 225 g/mol. The molecule has 0 spiro atoms. The van der Waals surface area contributed by atoms with Gasteiger partial charge in [-0.1, -0.05) is 35.9 Å². The molecule has 76 valence electrons. The highest BCUT2D eigenvalue weighted by Gasteiger charge is 2.12. The summed E-state index contributed by atoms with van der Waals surface area (Å²) in [6.45, 7) is 0. The Morgan fingerprint density at radius 1 is 0.800 bits per heavy atom. The lowest BCUT2D eigenvalue weighted by molar-refractivity contribution is 0.616. The van der Waals surface area contributed by atoms with Crippen molar-refractivity contribution >= 4 is 11.6 Å². The van der Waals surface area contributed by atoms with Crippen molar-refractivity contribution in [2.75, 3.05) is 0 Å². The van der Waals surface area contributed by atoms with Gasteiger partial charge in [-0.05, 0) is 18.2 Å². The maximum atomic E-state index is 13.5. The van der Waals surface area contributed by atoms with Gasteiger partial charge in [-0.2, -0.15) is 0 Å². The van der Waals surface area contributed by atoms with Gasteiger partial charge in [0, 0.05) is 11.1 Å². The van der Waals surface area contributed by atoms with Crippen LogP contribution in [0.5, 0.6) is 0 Å². The van der Waals surface area contributed by atoms with Crippen LogP contribution in [-0.4, -0.2) is 0 Å². The van der Waals surface area contributed by atoms with Gasteiger partial charge in [0.25, 0.3) is 0 Å². The van der Waals surface area contributed by atoms with E-state index in [1.165, 1.54) is 30.3 Å². The second-order valence-electron chi connectivity index (χ2n) is 3.08. The Morgan fingerprint density at radius 2 is 1.47 bits per heavy atom. The van der Waals surface area contributed by atoms with E-state index in [4.69, 9.17) is 11.6 Å². The van der Waals surface area contributed by atoms with E-state index in [2.05, 4.69) is 0 Å². The van der Waals surface area contributed by atoms with Crippen LogP contribution in [0.25, 0.3) is 11.1 Å². The standard InChI is InChI=1S/C12H7ClF2/c13-9-5-3-7-11(15)12(9)8-4-1-2-6-10(8)14/h1-7H. The zero-order valence-electron chi connectivity index (χ0n) is 7.68. The van der Waals surface area contributed by atoms with E-state index in [1.54, 1.807) is 12.1 Å². The Kier molecular flexibility index (Phi) is 2.69. The highest BCUT2D eigenvalue weighted by atomic mass is 35.5. The third-order valence-electron chi connectivity index (χ3n) is 2.11. The second-order valence-corrected chi connectivity index (χ2v) is 3.48. The Hall–Kier alpha value is -1.41. The lowest BCUT2D eigenvalue weighted by Gasteiger charge is -2.06. The van der Waals surface area contributed by atoms with Crippen molar-refractivity contribution in [2.45, 2.75) is 0 Å². The maximum absolute atomic E-state index is 13.5. The molecule has 0 saturated carbocycles. The molecule has 0 aliphatic carbocycles. The van der Waals surface area contributed by atoms with Gasteiger partial charge in [0.15, 0.2) is 0 Å². The molecule has 15 heavy (non-hydrogen) atoms. The first kappa shape index (κ1) is 10.1. The predicted molar refractivity (Wildman–Crippen MR) is 56.8 cm³/mol. The molecule has 0 heterocycles. The fourth-order valence-corrected chi connectivity index (χ4v) is 1.68.